The Labute approximate surface area is 94.6 Å². The minimum Gasteiger partial charge on any atom is -0.295 e. The highest BCUT2D eigenvalue weighted by atomic mass is 79.9. The highest BCUT2D eigenvalue weighted by Gasteiger charge is 2.01. The lowest BCUT2D eigenvalue weighted by Gasteiger charge is -2.19. The third kappa shape index (κ3) is 4.07. The van der Waals surface area contributed by atoms with Gasteiger partial charge in [-0.05, 0) is 5.56 Å². The van der Waals surface area contributed by atoms with Crippen LogP contribution < -0.4 is 0 Å². The summed E-state index contributed by atoms with van der Waals surface area (Å²) < 4.78 is 0. The van der Waals surface area contributed by atoms with Gasteiger partial charge >= 0.3 is 0 Å². The van der Waals surface area contributed by atoms with Gasteiger partial charge < -0.3 is 0 Å². The predicted molar refractivity (Wildman–Crippen MR) is 65.7 cm³/mol. The summed E-state index contributed by atoms with van der Waals surface area (Å²) in [6.45, 7) is 6.77. The molecule has 0 aliphatic carbocycles. The molecule has 1 aromatic carbocycles. The Bertz CT molecular complexity index is 258. The van der Waals surface area contributed by atoms with Crippen LogP contribution in [0.5, 0.6) is 0 Å². The van der Waals surface area contributed by atoms with Gasteiger partial charge in [-0.25, -0.2) is 0 Å². The predicted octanol–water partition coefficient (Wildman–Crippen LogP) is 3.07. The molecule has 0 atom stereocenters. The van der Waals surface area contributed by atoms with Gasteiger partial charge in [0.25, 0.3) is 0 Å². The third-order valence-corrected chi connectivity index (χ3v) is 2.39. The summed E-state index contributed by atoms with van der Waals surface area (Å²) in [7, 11) is 0. The maximum Gasteiger partial charge on any atom is 0.0237 e. The Morgan fingerprint density at radius 2 is 2.00 bits per heavy atom. The molecule has 0 amide bonds. The van der Waals surface area contributed by atoms with Crippen molar-refractivity contribution in [3.63, 3.8) is 0 Å². The molecule has 0 radical (unpaired) electrons. The van der Waals surface area contributed by atoms with Crippen molar-refractivity contribution in [3.05, 3.63) is 48.6 Å². The van der Waals surface area contributed by atoms with Crippen molar-refractivity contribution >= 4 is 15.9 Å². The molecule has 0 spiro atoms. The van der Waals surface area contributed by atoms with Gasteiger partial charge in [-0.2, -0.15) is 0 Å². The molecule has 76 valence electrons. The number of rotatable bonds is 6. The summed E-state index contributed by atoms with van der Waals surface area (Å²) in [4.78, 5) is 2.36. The van der Waals surface area contributed by atoms with Crippen LogP contribution in [0.2, 0.25) is 0 Å². The smallest absolute Gasteiger partial charge is 0.0237 e. The first-order chi connectivity index (χ1) is 6.86. The molecular weight excluding hydrogens is 238 g/mol. The number of halogens is 1. The molecule has 0 aromatic heterocycles. The van der Waals surface area contributed by atoms with Gasteiger partial charge in [-0.3, -0.25) is 4.90 Å². The summed E-state index contributed by atoms with van der Waals surface area (Å²) in [5, 5.41) is 1.01. The maximum atomic E-state index is 3.77. The third-order valence-electron chi connectivity index (χ3n) is 2.04. The van der Waals surface area contributed by atoms with Crippen LogP contribution in [0.4, 0.5) is 0 Å². The molecule has 1 aromatic rings. The van der Waals surface area contributed by atoms with Crippen LogP contribution in [0.15, 0.2) is 43.0 Å². The topological polar surface area (TPSA) is 3.24 Å². The van der Waals surface area contributed by atoms with E-state index in [2.05, 4.69) is 51.7 Å². The van der Waals surface area contributed by atoms with Crippen molar-refractivity contribution in [2.24, 2.45) is 0 Å². The van der Waals surface area contributed by atoms with Gasteiger partial charge in [0, 0.05) is 25.0 Å². The molecule has 0 aliphatic rings. The van der Waals surface area contributed by atoms with E-state index in [4.69, 9.17) is 0 Å². The van der Waals surface area contributed by atoms with E-state index >= 15 is 0 Å². The summed E-state index contributed by atoms with van der Waals surface area (Å²) in [6, 6.07) is 10.5. The molecule has 0 fully saturated rings. The molecule has 0 saturated heterocycles. The quantitative estimate of drug-likeness (QED) is 0.557. The van der Waals surface area contributed by atoms with Crippen molar-refractivity contribution in [1.82, 2.24) is 4.90 Å². The fourth-order valence-corrected chi connectivity index (χ4v) is 1.88. The van der Waals surface area contributed by atoms with Crippen LogP contribution in [0, 0.1) is 0 Å². The van der Waals surface area contributed by atoms with Gasteiger partial charge in [0.15, 0.2) is 0 Å². The van der Waals surface area contributed by atoms with Crippen molar-refractivity contribution in [2.75, 3.05) is 18.4 Å². The number of hydrogen-bond acceptors (Lipinski definition) is 1. The number of nitrogens with zero attached hydrogens (tertiary/aromatic N) is 1. The van der Waals surface area contributed by atoms with Gasteiger partial charge in [0.05, 0.1) is 0 Å². The zero-order valence-corrected chi connectivity index (χ0v) is 9.91. The zero-order chi connectivity index (χ0) is 10.2. The van der Waals surface area contributed by atoms with Crippen molar-refractivity contribution in [3.8, 4) is 0 Å². The Kier molecular flexibility index (Phi) is 5.57. The number of benzene rings is 1. The second-order valence-electron chi connectivity index (χ2n) is 3.20. The first-order valence-electron chi connectivity index (χ1n) is 4.80. The highest BCUT2D eigenvalue weighted by Crippen LogP contribution is 2.04. The van der Waals surface area contributed by atoms with E-state index < -0.39 is 0 Å². The van der Waals surface area contributed by atoms with E-state index in [0.29, 0.717) is 0 Å². The Hall–Kier alpha value is -0.600. The molecular formula is C12H16BrN. The first-order valence-corrected chi connectivity index (χ1v) is 5.92. The number of hydrogen-bond donors (Lipinski definition) is 0. The van der Waals surface area contributed by atoms with Gasteiger partial charge in [0.1, 0.15) is 0 Å². The van der Waals surface area contributed by atoms with Crippen LogP contribution >= 0.6 is 15.9 Å². The van der Waals surface area contributed by atoms with Crippen LogP contribution in [0.25, 0.3) is 0 Å². The van der Waals surface area contributed by atoms with Gasteiger partial charge in [-0.1, -0.05) is 52.3 Å². The molecule has 1 nitrogen and oxygen atoms in total. The molecule has 1 rings (SSSR count). The van der Waals surface area contributed by atoms with Gasteiger partial charge in [-0.15, -0.1) is 6.58 Å². The molecule has 2 heteroatoms. The van der Waals surface area contributed by atoms with E-state index in [0.717, 1.165) is 25.0 Å². The molecule has 0 aliphatic heterocycles. The fourth-order valence-electron chi connectivity index (χ4n) is 1.38. The first kappa shape index (κ1) is 11.5. The highest BCUT2D eigenvalue weighted by molar-refractivity contribution is 9.09. The van der Waals surface area contributed by atoms with E-state index in [9.17, 15) is 0 Å². The van der Waals surface area contributed by atoms with Crippen molar-refractivity contribution in [1.29, 1.82) is 0 Å². The van der Waals surface area contributed by atoms with Gasteiger partial charge in [0.2, 0.25) is 0 Å². The average molecular weight is 254 g/mol. The standard InChI is InChI=1S/C12H16BrN/c1-2-9-14(10-8-13)11-12-6-4-3-5-7-12/h2-7H,1,8-11H2. The van der Waals surface area contributed by atoms with Crippen LogP contribution in [-0.2, 0) is 6.54 Å². The summed E-state index contributed by atoms with van der Waals surface area (Å²) in [6.07, 6.45) is 1.95. The molecule has 0 saturated carbocycles. The maximum absolute atomic E-state index is 3.77. The normalized spacial score (nSPS) is 10.4. The minimum atomic E-state index is 0.945. The summed E-state index contributed by atoms with van der Waals surface area (Å²) in [5.74, 6) is 0. The van der Waals surface area contributed by atoms with Crippen LogP contribution in [0.1, 0.15) is 5.56 Å². The van der Waals surface area contributed by atoms with E-state index in [1.807, 2.05) is 12.1 Å². The summed E-state index contributed by atoms with van der Waals surface area (Å²) >= 11 is 3.46. The zero-order valence-electron chi connectivity index (χ0n) is 8.32. The van der Waals surface area contributed by atoms with E-state index in [1.54, 1.807) is 0 Å². The molecule has 0 bridgehead atoms. The average Bonchev–Trinajstić information content (AvgIpc) is 2.20. The van der Waals surface area contributed by atoms with Crippen LogP contribution in [0.3, 0.4) is 0 Å². The Balaban J connectivity index is 2.50. The molecule has 0 unspecified atom stereocenters. The molecule has 14 heavy (non-hydrogen) atoms. The lowest BCUT2D eigenvalue weighted by Crippen LogP contribution is -2.25. The minimum absolute atomic E-state index is 0.945. The number of alkyl halides is 1. The van der Waals surface area contributed by atoms with Crippen molar-refractivity contribution < 1.29 is 0 Å². The van der Waals surface area contributed by atoms with E-state index in [-0.39, 0.29) is 0 Å². The largest absolute Gasteiger partial charge is 0.295 e. The fraction of sp³-hybridized carbons (Fsp3) is 0.333. The molecule has 0 heterocycles. The monoisotopic (exact) mass is 253 g/mol. The van der Waals surface area contributed by atoms with Crippen LogP contribution in [-0.4, -0.2) is 23.3 Å². The second-order valence-corrected chi connectivity index (χ2v) is 3.99. The molecule has 0 N–H and O–H groups in total. The Morgan fingerprint density at radius 3 is 2.57 bits per heavy atom. The lowest BCUT2D eigenvalue weighted by molar-refractivity contribution is 0.315. The second kappa shape index (κ2) is 6.80. The Morgan fingerprint density at radius 1 is 1.29 bits per heavy atom. The van der Waals surface area contributed by atoms with E-state index in [1.165, 1.54) is 5.56 Å². The van der Waals surface area contributed by atoms with Crippen molar-refractivity contribution in [2.45, 2.75) is 6.54 Å². The lowest BCUT2D eigenvalue weighted by atomic mass is 10.2. The summed E-state index contributed by atoms with van der Waals surface area (Å²) in [5.41, 5.74) is 1.36. The SMILES string of the molecule is C=CCN(CCBr)Cc1ccccc1.